The van der Waals surface area contributed by atoms with E-state index in [0.717, 1.165) is 0 Å². The Hall–Kier alpha value is -4.33. The molecule has 0 atom stereocenters. The molecule has 0 fully saturated rings. The average Bonchev–Trinajstić information content (AvgIpc) is 2.85. The summed E-state index contributed by atoms with van der Waals surface area (Å²) in [4.78, 5) is 24.7. The molecule has 3 aromatic carbocycles. The Bertz CT molecular complexity index is 1140. The third-order valence-corrected chi connectivity index (χ3v) is 4.51. The van der Waals surface area contributed by atoms with Gasteiger partial charge in [0, 0.05) is 5.56 Å². The lowest BCUT2D eigenvalue weighted by molar-refractivity contribution is 0.0728. The van der Waals surface area contributed by atoms with E-state index in [4.69, 9.17) is 18.9 Å². The Kier molecular flexibility index (Phi) is 8.02. The Morgan fingerprint density at radius 2 is 1.64 bits per heavy atom. The molecule has 8 nitrogen and oxygen atoms in total. The second kappa shape index (κ2) is 11.3. The van der Waals surface area contributed by atoms with Crippen molar-refractivity contribution in [2.75, 3.05) is 20.8 Å². The number of hydrogen-bond acceptors (Lipinski definition) is 7. The summed E-state index contributed by atoms with van der Waals surface area (Å²) in [6, 6.07) is 18.3. The third-order valence-electron chi connectivity index (χ3n) is 4.51. The second-order valence-corrected chi connectivity index (χ2v) is 6.69. The van der Waals surface area contributed by atoms with E-state index in [2.05, 4.69) is 10.5 Å². The van der Waals surface area contributed by atoms with Crippen LogP contribution in [0.5, 0.6) is 23.0 Å². The molecule has 1 N–H and O–H groups in total. The van der Waals surface area contributed by atoms with Gasteiger partial charge in [0.05, 0.1) is 32.6 Å². The number of rotatable bonds is 9. The molecule has 170 valence electrons. The molecule has 3 aromatic rings. The topological polar surface area (TPSA) is 95.5 Å². The highest BCUT2D eigenvalue weighted by atomic mass is 16.6. The molecule has 0 aliphatic rings. The van der Waals surface area contributed by atoms with Crippen LogP contribution in [0.2, 0.25) is 0 Å². The first kappa shape index (κ1) is 23.3. The van der Waals surface area contributed by atoms with Crippen molar-refractivity contribution < 1.29 is 28.5 Å². The lowest BCUT2D eigenvalue weighted by Gasteiger charge is -2.11. The van der Waals surface area contributed by atoms with Gasteiger partial charge in [-0.1, -0.05) is 6.07 Å². The summed E-state index contributed by atoms with van der Waals surface area (Å²) in [6.45, 7) is 2.20. The SMILES string of the molecule is CCOc1cc(/C=N\NC(=O)c2cccc(OC)c2)ccc1OC(=O)c1ccc(OC)cc1. The van der Waals surface area contributed by atoms with Gasteiger partial charge in [0.2, 0.25) is 0 Å². The Morgan fingerprint density at radius 3 is 2.33 bits per heavy atom. The molecule has 8 heteroatoms. The third kappa shape index (κ3) is 6.33. The van der Waals surface area contributed by atoms with Crippen molar-refractivity contribution in [3.8, 4) is 23.0 Å². The van der Waals surface area contributed by atoms with Crippen LogP contribution in [0, 0.1) is 0 Å². The van der Waals surface area contributed by atoms with Crippen molar-refractivity contribution in [3.63, 3.8) is 0 Å². The minimum atomic E-state index is -0.523. The summed E-state index contributed by atoms with van der Waals surface area (Å²) in [7, 11) is 3.08. The highest BCUT2D eigenvalue weighted by molar-refractivity contribution is 5.95. The second-order valence-electron chi connectivity index (χ2n) is 6.69. The van der Waals surface area contributed by atoms with Crippen molar-refractivity contribution in [2.24, 2.45) is 5.10 Å². The maximum absolute atomic E-state index is 12.5. The molecule has 0 aliphatic carbocycles. The molecule has 0 aromatic heterocycles. The van der Waals surface area contributed by atoms with Gasteiger partial charge in [-0.25, -0.2) is 10.2 Å². The minimum Gasteiger partial charge on any atom is -0.497 e. The molecule has 0 heterocycles. The van der Waals surface area contributed by atoms with Gasteiger partial charge in [-0.3, -0.25) is 4.79 Å². The lowest BCUT2D eigenvalue weighted by atomic mass is 10.2. The van der Waals surface area contributed by atoms with E-state index in [9.17, 15) is 9.59 Å². The highest BCUT2D eigenvalue weighted by Gasteiger charge is 2.13. The lowest BCUT2D eigenvalue weighted by Crippen LogP contribution is -2.17. The summed E-state index contributed by atoms with van der Waals surface area (Å²) in [5.74, 6) is 0.972. The number of nitrogens with one attached hydrogen (secondary N) is 1. The van der Waals surface area contributed by atoms with E-state index >= 15 is 0 Å². The van der Waals surface area contributed by atoms with Gasteiger partial charge < -0.3 is 18.9 Å². The number of hydrazone groups is 1. The molecule has 0 spiro atoms. The van der Waals surface area contributed by atoms with Crippen LogP contribution < -0.4 is 24.4 Å². The van der Waals surface area contributed by atoms with E-state index in [-0.39, 0.29) is 11.7 Å². The number of nitrogens with zero attached hydrogens (tertiary/aromatic N) is 1. The summed E-state index contributed by atoms with van der Waals surface area (Å²) >= 11 is 0. The molecule has 0 unspecified atom stereocenters. The van der Waals surface area contributed by atoms with Gasteiger partial charge in [0.1, 0.15) is 11.5 Å². The summed E-state index contributed by atoms with van der Waals surface area (Å²) in [6.07, 6.45) is 1.47. The van der Waals surface area contributed by atoms with Crippen LogP contribution in [-0.2, 0) is 0 Å². The summed E-state index contributed by atoms with van der Waals surface area (Å²) in [5.41, 5.74) is 3.91. The number of methoxy groups -OCH3 is 2. The van der Waals surface area contributed by atoms with Gasteiger partial charge in [0.15, 0.2) is 11.5 Å². The highest BCUT2D eigenvalue weighted by Crippen LogP contribution is 2.29. The van der Waals surface area contributed by atoms with E-state index in [1.165, 1.54) is 13.3 Å². The zero-order valence-electron chi connectivity index (χ0n) is 18.5. The number of carbonyl (C=O) groups excluding carboxylic acids is 2. The van der Waals surface area contributed by atoms with Crippen LogP contribution in [0.1, 0.15) is 33.2 Å². The zero-order chi connectivity index (χ0) is 23.6. The Balaban J connectivity index is 1.69. The van der Waals surface area contributed by atoms with Crippen LogP contribution in [-0.4, -0.2) is 38.9 Å². The predicted molar refractivity (Wildman–Crippen MR) is 124 cm³/mol. The number of benzene rings is 3. The van der Waals surface area contributed by atoms with Crippen LogP contribution in [0.15, 0.2) is 71.8 Å². The minimum absolute atomic E-state index is 0.273. The Labute approximate surface area is 191 Å². The van der Waals surface area contributed by atoms with Gasteiger partial charge in [0.25, 0.3) is 5.91 Å². The smallest absolute Gasteiger partial charge is 0.343 e. The maximum Gasteiger partial charge on any atom is 0.343 e. The number of ether oxygens (including phenoxy) is 4. The fourth-order valence-electron chi connectivity index (χ4n) is 2.84. The first-order valence-corrected chi connectivity index (χ1v) is 10.1. The van der Waals surface area contributed by atoms with E-state index in [1.54, 1.807) is 73.8 Å². The van der Waals surface area contributed by atoms with Crippen LogP contribution in [0.4, 0.5) is 0 Å². The van der Waals surface area contributed by atoms with E-state index in [0.29, 0.717) is 40.5 Å². The molecule has 0 saturated heterocycles. The van der Waals surface area contributed by atoms with Crippen molar-refractivity contribution in [3.05, 3.63) is 83.4 Å². The van der Waals surface area contributed by atoms with Crippen LogP contribution in [0.3, 0.4) is 0 Å². The Morgan fingerprint density at radius 1 is 0.879 bits per heavy atom. The van der Waals surface area contributed by atoms with Crippen LogP contribution in [0.25, 0.3) is 0 Å². The fourth-order valence-corrected chi connectivity index (χ4v) is 2.84. The monoisotopic (exact) mass is 448 g/mol. The fraction of sp³-hybridized carbons (Fsp3) is 0.160. The maximum atomic E-state index is 12.5. The quantitative estimate of drug-likeness (QED) is 0.229. The number of hydrogen-bond donors (Lipinski definition) is 1. The van der Waals surface area contributed by atoms with Crippen molar-refractivity contribution >= 4 is 18.1 Å². The molecule has 1 amide bonds. The number of carbonyl (C=O) groups is 2. The molecule has 3 rings (SSSR count). The largest absolute Gasteiger partial charge is 0.497 e. The molecule has 0 saturated carbocycles. The average molecular weight is 448 g/mol. The van der Waals surface area contributed by atoms with E-state index in [1.807, 2.05) is 6.92 Å². The first-order chi connectivity index (χ1) is 16.0. The van der Waals surface area contributed by atoms with Gasteiger partial charge in [-0.15, -0.1) is 0 Å². The molecule has 33 heavy (non-hydrogen) atoms. The normalized spacial score (nSPS) is 10.5. The molecule has 0 aliphatic heterocycles. The molecule has 0 bridgehead atoms. The van der Waals surface area contributed by atoms with E-state index < -0.39 is 5.97 Å². The van der Waals surface area contributed by atoms with Gasteiger partial charge in [-0.05, 0) is 73.2 Å². The molecular weight excluding hydrogens is 424 g/mol. The van der Waals surface area contributed by atoms with Gasteiger partial charge in [-0.2, -0.15) is 5.10 Å². The number of amides is 1. The summed E-state index contributed by atoms with van der Waals surface area (Å²) in [5, 5.41) is 3.99. The first-order valence-electron chi connectivity index (χ1n) is 10.1. The van der Waals surface area contributed by atoms with Crippen molar-refractivity contribution in [1.82, 2.24) is 5.43 Å². The van der Waals surface area contributed by atoms with Crippen molar-refractivity contribution in [1.29, 1.82) is 0 Å². The number of esters is 1. The van der Waals surface area contributed by atoms with Crippen LogP contribution >= 0.6 is 0 Å². The predicted octanol–water partition coefficient (Wildman–Crippen LogP) is 4.09. The zero-order valence-corrected chi connectivity index (χ0v) is 18.5. The van der Waals surface area contributed by atoms with Gasteiger partial charge >= 0.3 is 5.97 Å². The van der Waals surface area contributed by atoms with Crippen molar-refractivity contribution in [2.45, 2.75) is 6.92 Å². The molecule has 0 radical (unpaired) electrons. The molecular formula is C25H24N2O6. The summed E-state index contributed by atoms with van der Waals surface area (Å²) < 4.78 is 21.3. The standard InChI is InChI=1S/C25H24N2O6/c1-4-32-23-14-17(16-26-27-24(28)19-6-5-7-21(15-19)31-3)8-13-22(23)33-25(29)18-9-11-20(30-2)12-10-18/h5-16H,4H2,1-3H3,(H,27,28)/b26-16-.